The number of rotatable bonds is 8. The number of nitrogens with one attached hydrogen (secondary N) is 1. The number of para-hydroxylation sites is 1. The van der Waals surface area contributed by atoms with Crippen molar-refractivity contribution in [3.8, 4) is 0 Å². The van der Waals surface area contributed by atoms with Crippen molar-refractivity contribution in [3.05, 3.63) is 78.1 Å². The van der Waals surface area contributed by atoms with Crippen molar-refractivity contribution in [2.45, 2.75) is 26.7 Å². The Morgan fingerprint density at radius 1 is 0.923 bits per heavy atom. The molecule has 0 spiro atoms. The normalized spacial score (nSPS) is 10.5. The summed E-state index contributed by atoms with van der Waals surface area (Å²) < 4.78 is 0. The van der Waals surface area contributed by atoms with E-state index in [1.807, 2.05) is 19.1 Å². The summed E-state index contributed by atoms with van der Waals surface area (Å²) in [5, 5.41) is 3.45. The Morgan fingerprint density at radius 3 is 2.31 bits per heavy atom. The van der Waals surface area contributed by atoms with Crippen molar-refractivity contribution in [1.82, 2.24) is 9.97 Å². The number of aromatic nitrogens is 2. The van der Waals surface area contributed by atoms with Crippen LogP contribution in [0.5, 0.6) is 0 Å². The predicted octanol–water partition coefficient (Wildman–Crippen LogP) is 4.99. The average Bonchev–Trinajstić information content (AvgIpc) is 2.67. The molecule has 3 aromatic rings. The van der Waals surface area contributed by atoms with Crippen LogP contribution in [0, 0.1) is 6.92 Å². The maximum Gasteiger partial charge on any atom is 0.138 e. The maximum absolute atomic E-state index is 4.63. The van der Waals surface area contributed by atoms with Crippen LogP contribution in [-0.4, -0.2) is 23.1 Å². The van der Waals surface area contributed by atoms with Gasteiger partial charge in [-0.15, -0.1) is 0 Å². The summed E-state index contributed by atoms with van der Waals surface area (Å²) in [6.07, 6.45) is 2.13. The summed E-state index contributed by atoms with van der Waals surface area (Å²) in [6, 6.07) is 23.0. The van der Waals surface area contributed by atoms with Gasteiger partial charge in [0, 0.05) is 24.8 Å². The van der Waals surface area contributed by atoms with Crippen LogP contribution in [0.1, 0.15) is 24.7 Å². The third-order valence-electron chi connectivity index (χ3n) is 4.28. The zero-order valence-electron chi connectivity index (χ0n) is 15.5. The van der Waals surface area contributed by atoms with E-state index in [1.54, 1.807) is 0 Å². The first kappa shape index (κ1) is 17.9. The van der Waals surface area contributed by atoms with E-state index in [2.05, 4.69) is 81.7 Å². The summed E-state index contributed by atoms with van der Waals surface area (Å²) in [6.45, 7) is 5.82. The van der Waals surface area contributed by atoms with Crippen LogP contribution >= 0.6 is 0 Å². The third-order valence-corrected chi connectivity index (χ3v) is 4.28. The van der Waals surface area contributed by atoms with Crippen molar-refractivity contribution in [2.24, 2.45) is 0 Å². The fourth-order valence-corrected chi connectivity index (χ4v) is 3.02. The van der Waals surface area contributed by atoms with Crippen LogP contribution in [0.25, 0.3) is 0 Å². The van der Waals surface area contributed by atoms with Crippen molar-refractivity contribution in [2.75, 3.05) is 23.3 Å². The van der Waals surface area contributed by atoms with Gasteiger partial charge in [-0.2, -0.15) is 0 Å². The molecule has 4 nitrogen and oxygen atoms in total. The highest BCUT2D eigenvalue weighted by molar-refractivity contribution is 5.62. The quantitative estimate of drug-likeness (QED) is 0.584. The molecule has 26 heavy (non-hydrogen) atoms. The van der Waals surface area contributed by atoms with E-state index >= 15 is 0 Å². The van der Waals surface area contributed by atoms with E-state index in [1.165, 1.54) is 5.56 Å². The number of aryl methyl sites for hydroxylation is 2. The summed E-state index contributed by atoms with van der Waals surface area (Å²) in [5.74, 6) is 2.59. The first-order valence-corrected chi connectivity index (χ1v) is 9.22. The number of nitrogens with zero attached hydrogens (tertiary/aromatic N) is 3. The van der Waals surface area contributed by atoms with E-state index in [9.17, 15) is 0 Å². The van der Waals surface area contributed by atoms with Gasteiger partial charge in [-0.05, 0) is 44.4 Å². The Morgan fingerprint density at radius 2 is 1.62 bits per heavy atom. The van der Waals surface area contributed by atoms with Crippen LogP contribution in [0.4, 0.5) is 17.3 Å². The van der Waals surface area contributed by atoms with Crippen LogP contribution < -0.4 is 10.2 Å². The fourth-order valence-electron chi connectivity index (χ4n) is 3.02. The van der Waals surface area contributed by atoms with Crippen LogP contribution in [0.15, 0.2) is 66.7 Å². The summed E-state index contributed by atoms with van der Waals surface area (Å²) in [5.41, 5.74) is 2.51. The van der Waals surface area contributed by atoms with Crippen LogP contribution in [0.3, 0.4) is 0 Å². The van der Waals surface area contributed by atoms with Crippen molar-refractivity contribution >= 4 is 17.3 Å². The molecule has 0 aliphatic heterocycles. The predicted molar refractivity (Wildman–Crippen MR) is 109 cm³/mol. The first-order valence-electron chi connectivity index (χ1n) is 9.22. The Bertz CT molecular complexity index is 803. The Hall–Kier alpha value is -2.88. The summed E-state index contributed by atoms with van der Waals surface area (Å²) in [4.78, 5) is 11.4. The van der Waals surface area contributed by atoms with Gasteiger partial charge in [-0.1, -0.05) is 48.5 Å². The Labute approximate surface area is 155 Å². The molecule has 0 fully saturated rings. The van der Waals surface area contributed by atoms with Crippen molar-refractivity contribution in [3.63, 3.8) is 0 Å². The van der Waals surface area contributed by atoms with Crippen molar-refractivity contribution < 1.29 is 0 Å². The molecule has 0 bridgehead atoms. The standard InChI is InChI=1S/C22H26N4/c1-3-26(20-14-8-5-9-15-20)22-17-21(24-18(2)25-22)23-16-10-13-19-11-6-4-7-12-19/h4-9,11-12,14-15,17H,3,10,13,16H2,1-2H3,(H,23,24,25). The molecule has 0 aliphatic carbocycles. The Kier molecular flexibility index (Phi) is 6.20. The smallest absolute Gasteiger partial charge is 0.138 e. The lowest BCUT2D eigenvalue weighted by molar-refractivity contribution is 0.854. The van der Waals surface area contributed by atoms with E-state index in [-0.39, 0.29) is 0 Å². The second-order valence-corrected chi connectivity index (χ2v) is 6.25. The van der Waals surface area contributed by atoms with Crippen LogP contribution in [0.2, 0.25) is 0 Å². The van der Waals surface area contributed by atoms with Crippen molar-refractivity contribution in [1.29, 1.82) is 0 Å². The zero-order chi connectivity index (χ0) is 18.2. The lowest BCUT2D eigenvalue weighted by Gasteiger charge is -2.23. The molecule has 4 heteroatoms. The van der Waals surface area contributed by atoms with Gasteiger partial charge in [0.25, 0.3) is 0 Å². The topological polar surface area (TPSA) is 41.0 Å². The first-order chi connectivity index (χ1) is 12.8. The average molecular weight is 346 g/mol. The van der Waals surface area contributed by atoms with E-state index < -0.39 is 0 Å². The zero-order valence-corrected chi connectivity index (χ0v) is 15.5. The minimum atomic E-state index is 0.780. The van der Waals surface area contributed by atoms with Gasteiger partial charge >= 0.3 is 0 Å². The Balaban J connectivity index is 1.65. The minimum absolute atomic E-state index is 0.780. The molecule has 0 amide bonds. The number of benzene rings is 2. The SMILES string of the molecule is CCN(c1ccccc1)c1cc(NCCCc2ccccc2)nc(C)n1. The maximum atomic E-state index is 4.63. The molecule has 0 saturated heterocycles. The fraction of sp³-hybridized carbons (Fsp3) is 0.273. The third kappa shape index (κ3) is 4.82. The highest BCUT2D eigenvalue weighted by atomic mass is 15.2. The second kappa shape index (κ2) is 8.99. The second-order valence-electron chi connectivity index (χ2n) is 6.25. The molecule has 0 atom stereocenters. The van der Waals surface area contributed by atoms with Gasteiger partial charge in [0.2, 0.25) is 0 Å². The molecule has 0 radical (unpaired) electrons. The van der Waals surface area contributed by atoms with Gasteiger partial charge in [0.1, 0.15) is 17.5 Å². The molecule has 1 aromatic heterocycles. The van der Waals surface area contributed by atoms with Gasteiger partial charge < -0.3 is 10.2 Å². The van der Waals surface area contributed by atoms with Gasteiger partial charge in [0.05, 0.1) is 0 Å². The monoisotopic (exact) mass is 346 g/mol. The highest BCUT2D eigenvalue weighted by Gasteiger charge is 2.10. The summed E-state index contributed by atoms with van der Waals surface area (Å²) in [7, 11) is 0. The van der Waals surface area contributed by atoms with E-state index in [0.29, 0.717) is 0 Å². The largest absolute Gasteiger partial charge is 0.370 e. The molecule has 2 aromatic carbocycles. The molecule has 0 saturated carbocycles. The number of hydrogen-bond donors (Lipinski definition) is 1. The molecular weight excluding hydrogens is 320 g/mol. The van der Waals surface area contributed by atoms with Crippen LogP contribution in [-0.2, 0) is 6.42 Å². The minimum Gasteiger partial charge on any atom is -0.370 e. The van der Waals surface area contributed by atoms with Gasteiger partial charge in [-0.3, -0.25) is 0 Å². The summed E-state index contributed by atoms with van der Waals surface area (Å²) >= 11 is 0. The van der Waals surface area contributed by atoms with E-state index in [4.69, 9.17) is 0 Å². The highest BCUT2D eigenvalue weighted by Crippen LogP contribution is 2.24. The molecule has 3 rings (SSSR count). The lowest BCUT2D eigenvalue weighted by atomic mass is 10.1. The number of hydrogen-bond acceptors (Lipinski definition) is 4. The number of anilines is 3. The lowest BCUT2D eigenvalue weighted by Crippen LogP contribution is -2.18. The molecule has 1 N–H and O–H groups in total. The van der Waals surface area contributed by atoms with E-state index in [0.717, 1.165) is 49.1 Å². The molecule has 0 aliphatic rings. The molecule has 1 heterocycles. The molecule has 0 unspecified atom stereocenters. The molecular formula is C22H26N4. The molecule has 134 valence electrons. The van der Waals surface area contributed by atoms with Gasteiger partial charge in [0.15, 0.2) is 0 Å². The van der Waals surface area contributed by atoms with Gasteiger partial charge in [-0.25, -0.2) is 9.97 Å².